The molecule has 3 aromatic carbocycles. The van der Waals surface area contributed by atoms with Crippen LogP contribution in [-0.2, 0) is 4.79 Å². The summed E-state index contributed by atoms with van der Waals surface area (Å²) in [6.07, 6.45) is 4.03. The van der Waals surface area contributed by atoms with Gasteiger partial charge in [-0.3, -0.25) is 4.79 Å². The van der Waals surface area contributed by atoms with Crippen molar-refractivity contribution >= 4 is 29.8 Å². The lowest BCUT2D eigenvalue weighted by Crippen LogP contribution is -2.73. The molecule has 2 fully saturated rings. The minimum absolute atomic E-state index is 0.160. The fourth-order valence-corrected chi connectivity index (χ4v) is 5.03. The van der Waals surface area contributed by atoms with Crippen LogP contribution < -0.4 is 5.32 Å². The summed E-state index contributed by atoms with van der Waals surface area (Å²) in [6, 6.07) is 19.3. The van der Waals surface area contributed by atoms with Gasteiger partial charge in [-0.15, -0.1) is 0 Å². The van der Waals surface area contributed by atoms with Crippen molar-refractivity contribution in [3.63, 3.8) is 0 Å². The number of amides is 3. The van der Waals surface area contributed by atoms with Gasteiger partial charge >= 0.3 is 6.03 Å². The molecule has 2 aliphatic heterocycles. The van der Waals surface area contributed by atoms with Crippen LogP contribution >= 0.6 is 0 Å². The van der Waals surface area contributed by atoms with Gasteiger partial charge in [0, 0.05) is 18.5 Å². The van der Waals surface area contributed by atoms with Gasteiger partial charge in [-0.05, 0) is 28.8 Å². The topological polar surface area (TPSA) is 72.9 Å². The van der Waals surface area contributed by atoms with Gasteiger partial charge in [0.1, 0.15) is 18.2 Å². The summed E-state index contributed by atoms with van der Waals surface area (Å²) in [5.74, 6) is -1.90. The Balaban J connectivity index is 1.31. The number of aliphatic hydroxyl groups excluding tert-OH is 1. The van der Waals surface area contributed by atoms with E-state index in [0.717, 1.165) is 34.9 Å². The maximum absolute atomic E-state index is 14.0. The van der Waals surface area contributed by atoms with E-state index in [-0.39, 0.29) is 49.3 Å². The second kappa shape index (κ2) is 9.91. The van der Waals surface area contributed by atoms with Crippen LogP contribution in [-0.4, -0.2) is 58.6 Å². The second-order valence-corrected chi connectivity index (χ2v) is 8.99. The van der Waals surface area contributed by atoms with E-state index in [0.29, 0.717) is 0 Å². The molecule has 0 aliphatic carbocycles. The number of carbonyl (C=O) groups is 2. The van der Waals surface area contributed by atoms with Gasteiger partial charge in [-0.2, -0.15) is 0 Å². The molecule has 0 radical (unpaired) electrons. The first kappa shape index (κ1) is 23.7. The van der Waals surface area contributed by atoms with E-state index in [2.05, 4.69) is 5.32 Å². The van der Waals surface area contributed by atoms with Gasteiger partial charge in [0.15, 0.2) is 0 Å². The summed E-state index contributed by atoms with van der Waals surface area (Å²) < 4.78 is 27.5. The van der Waals surface area contributed by atoms with Crippen LogP contribution in [0.1, 0.15) is 22.6 Å². The highest BCUT2D eigenvalue weighted by atomic mass is 19.1. The lowest BCUT2D eigenvalue weighted by Gasteiger charge is -2.58. The number of rotatable bonds is 5. The van der Waals surface area contributed by atoms with Crippen molar-refractivity contribution in [2.45, 2.75) is 18.0 Å². The normalized spacial score (nSPS) is 21.3. The maximum Gasteiger partial charge on any atom is 0.322 e. The third kappa shape index (κ3) is 4.59. The molecule has 2 saturated heterocycles. The monoisotopic (exact) mass is 489 g/mol. The molecule has 0 bridgehead atoms. The van der Waals surface area contributed by atoms with Gasteiger partial charge in [-0.1, -0.05) is 66.7 Å². The second-order valence-electron chi connectivity index (χ2n) is 8.99. The van der Waals surface area contributed by atoms with Crippen LogP contribution in [0.4, 0.5) is 19.3 Å². The Hall–Kier alpha value is -4.04. The molecule has 6 nitrogen and oxygen atoms in total. The summed E-state index contributed by atoms with van der Waals surface area (Å²) in [6.45, 7) is -0.180. The average molecular weight is 490 g/mol. The number of fused-ring (bicyclic) bond motifs is 1. The number of hydrogen-bond acceptors (Lipinski definition) is 3. The van der Waals surface area contributed by atoms with Crippen LogP contribution in [0.15, 0.2) is 72.8 Å². The number of urea groups is 1. The van der Waals surface area contributed by atoms with E-state index >= 15 is 0 Å². The number of piperazine rings is 1. The summed E-state index contributed by atoms with van der Waals surface area (Å²) in [5.41, 5.74) is 2.77. The van der Waals surface area contributed by atoms with Crippen LogP contribution in [0, 0.1) is 11.6 Å². The third-order valence-electron chi connectivity index (χ3n) is 6.80. The molecule has 3 aromatic rings. The Labute approximate surface area is 207 Å². The van der Waals surface area contributed by atoms with E-state index in [4.69, 9.17) is 0 Å². The zero-order valence-corrected chi connectivity index (χ0v) is 19.4. The number of nitrogens with one attached hydrogen (secondary N) is 1. The molecule has 8 heteroatoms. The quantitative estimate of drug-likeness (QED) is 0.524. The Bertz CT molecular complexity index is 1300. The molecule has 184 valence electrons. The zero-order chi connectivity index (χ0) is 25.2. The number of carbonyl (C=O) groups excluding carboxylic acids is 2. The largest absolute Gasteiger partial charge is 0.394 e. The number of nitrogens with zero attached hydrogens (tertiary/aromatic N) is 2. The molecule has 2 aliphatic rings. The molecule has 2 heterocycles. The Morgan fingerprint density at radius 1 is 1.00 bits per heavy atom. The third-order valence-corrected chi connectivity index (χ3v) is 6.80. The number of aliphatic hydroxyl groups is 1. The van der Waals surface area contributed by atoms with Crippen molar-refractivity contribution < 1.29 is 23.5 Å². The summed E-state index contributed by atoms with van der Waals surface area (Å²) in [7, 11) is 0. The van der Waals surface area contributed by atoms with Gasteiger partial charge in [0.2, 0.25) is 5.91 Å². The predicted molar refractivity (Wildman–Crippen MR) is 133 cm³/mol. The molecular weight excluding hydrogens is 464 g/mol. The fraction of sp³-hybridized carbons (Fsp3) is 0.214. The van der Waals surface area contributed by atoms with Crippen molar-refractivity contribution in [3.05, 3.63) is 101 Å². The number of halogens is 2. The molecule has 0 spiro atoms. The van der Waals surface area contributed by atoms with Crippen LogP contribution in [0.5, 0.6) is 0 Å². The molecule has 36 heavy (non-hydrogen) atoms. The number of benzene rings is 3. The van der Waals surface area contributed by atoms with Crippen LogP contribution in [0.3, 0.4) is 0 Å². The minimum atomic E-state index is -0.766. The standard InChI is InChI=1S/C28H25F2N3O3/c29-21-12-13-22(30)23(14-21)31-28(36)32-15-24-27(25(17-34)33(24)26(35)16-32)20-10-8-19(9-11-20)7-6-18-4-2-1-3-5-18/h1-14,24-25,27,34H,15-17H2,(H,31,36)/b7-6+/t24-,25+,27-/m1/s1. The molecule has 3 atom stereocenters. The van der Waals surface area contributed by atoms with Crippen molar-refractivity contribution in [1.29, 1.82) is 0 Å². The van der Waals surface area contributed by atoms with E-state index in [1.807, 2.05) is 66.7 Å². The lowest BCUT2D eigenvalue weighted by molar-refractivity contribution is -0.159. The van der Waals surface area contributed by atoms with Crippen molar-refractivity contribution in [1.82, 2.24) is 9.80 Å². The number of hydrogen-bond donors (Lipinski definition) is 2. The molecule has 2 N–H and O–H groups in total. The van der Waals surface area contributed by atoms with Gasteiger partial charge in [-0.25, -0.2) is 13.6 Å². The summed E-state index contributed by atoms with van der Waals surface area (Å²) in [4.78, 5) is 28.5. The van der Waals surface area contributed by atoms with Crippen LogP contribution in [0.2, 0.25) is 0 Å². The highest BCUT2D eigenvalue weighted by Crippen LogP contribution is 2.43. The van der Waals surface area contributed by atoms with Crippen molar-refractivity contribution in [2.24, 2.45) is 0 Å². The van der Waals surface area contributed by atoms with Crippen LogP contribution in [0.25, 0.3) is 12.2 Å². The first-order valence-corrected chi connectivity index (χ1v) is 11.7. The van der Waals surface area contributed by atoms with E-state index in [1.165, 1.54) is 4.90 Å². The number of anilines is 1. The molecule has 3 amide bonds. The molecule has 5 rings (SSSR count). The highest BCUT2D eigenvalue weighted by Gasteiger charge is 2.54. The smallest absolute Gasteiger partial charge is 0.322 e. The first-order valence-electron chi connectivity index (χ1n) is 11.7. The van der Waals surface area contributed by atoms with E-state index in [9.17, 15) is 23.5 Å². The summed E-state index contributed by atoms with van der Waals surface area (Å²) >= 11 is 0. The highest BCUT2D eigenvalue weighted by molar-refractivity contribution is 5.94. The Morgan fingerprint density at radius 2 is 1.69 bits per heavy atom. The van der Waals surface area contributed by atoms with E-state index in [1.54, 1.807) is 4.90 Å². The van der Waals surface area contributed by atoms with Gasteiger partial charge < -0.3 is 20.2 Å². The minimum Gasteiger partial charge on any atom is -0.394 e. The lowest BCUT2D eigenvalue weighted by atomic mass is 9.73. The Kier molecular flexibility index (Phi) is 6.52. The van der Waals surface area contributed by atoms with Crippen molar-refractivity contribution in [2.75, 3.05) is 25.0 Å². The molecule has 0 aromatic heterocycles. The maximum atomic E-state index is 14.0. The van der Waals surface area contributed by atoms with Gasteiger partial charge in [0.25, 0.3) is 0 Å². The average Bonchev–Trinajstić information content (AvgIpc) is 2.87. The summed E-state index contributed by atoms with van der Waals surface area (Å²) in [5, 5.41) is 12.4. The fourth-order valence-electron chi connectivity index (χ4n) is 5.03. The SMILES string of the molecule is O=C(Nc1cc(F)ccc1F)N1CC(=O)N2[C@H](C1)[C@@H](c1ccc(/C=C/c3ccccc3)cc1)[C@@H]2CO. The molecular formula is C28H25F2N3O3. The van der Waals surface area contributed by atoms with Crippen molar-refractivity contribution in [3.8, 4) is 0 Å². The predicted octanol–water partition coefficient (Wildman–Crippen LogP) is 4.34. The molecule has 0 unspecified atom stereocenters. The van der Waals surface area contributed by atoms with Gasteiger partial charge in [0.05, 0.1) is 24.4 Å². The zero-order valence-electron chi connectivity index (χ0n) is 19.4. The molecule has 0 saturated carbocycles. The Morgan fingerprint density at radius 3 is 2.39 bits per heavy atom. The first-order chi connectivity index (χ1) is 17.4. The van der Waals surface area contributed by atoms with E-state index < -0.39 is 17.7 Å².